The van der Waals surface area contributed by atoms with Gasteiger partial charge < -0.3 is 19.2 Å². The van der Waals surface area contributed by atoms with Crippen molar-refractivity contribution in [1.82, 2.24) is 4.98 Å². The number of carbonyl (C=O) groups is 3. The van der Waals surface area contributed by atoms with E-state index in [0.717, 1.165) is 47.9 Å². The van der Waals surface area contributed by atoms with Crippen molar-refractivity contribution < 1.29 is 28.3 Å². The third-order valence-electron chi connectivity index (χ3n) is 7.70. The Hall–Kier alpha value is -4.50. The first-order valence-electron chi connectivity index (χ1n) is 14.7. The molecule has 3 aromatic carbocycles. The molecule has 1 N–H and O–H groups in total. The minimum absolute atomic E-state index is 0.239. The summed E-state index contributed by atoms with van der Waals surface area (Å²) in [5, 5.41) is 4.79. The number of nitrogens with one attached hydrogen (secondary N) is 1. The molecular weight excluding hydrogens is 564 g/mol. The molecule has 2 heterocycles. The summed E-state index contributed by atoms with van der Waals surface area (Å²) >= 11 is 1.41. The highest BCUT2D eigenvalue weighted by Gasteiger charge is 2.30. The van der Waals surface area contributed by atoms with Crippen LogP contribution in [0.4, 0.5) is 5.00 Å². The molecule has 0 saturated heterocycles. The van der Waals surface area contributed by atoms with Gasteiger partial charge in [-0.15, -0.1) is 11.3 Å². The lowest BCUT2D eigenvalue weighted by Gasteiger charge is -2.17. The number of nitrogens with zero attached hydrogens (tertiary/aromatic N) is 1. The lowest BCUT2D eigenvalue weighted by molar-refractivity contribution is -0.124. The van der Waals surface area contributed by atoms with Gasteiger partial charge in [0.2, 0.25) is 5.89 Å². The number of benzene rings is 3. The molecule has 0 radical (unpaired) electrons. The number of para-hydroxylation sites is 2. The Kier molecular flexibility index (Phi) is 8.24. The number of esters is 2. The van der Waals surface area contributed by atoms with E-state index in [2.05, 4.69) is 10.3 Å². The second kappa shape index (κ2) is 12.4. The van der Waals surface area contributed by atoms with Crippen molar-refractivity contribution in [2.24, 2.45) is 0 Å². The minimum Gasteiger partial charge on any atom is -0.462 e. The number of hydrogen-bond acceptors (Lipinski definition) is 8. The number of anilines is 1. The first-order valence-corrected chi connectivity index (χ1v) is 15.5. The summed E-state index contributed by atoms with van der Waals surface area (Å²) < 4.78 is 17.2. The van der Waals surface area contributed by atoms with E-state index in [4.69, 9.17) is 13.9 Å². The summed E-state index contributed by atoms with van der Waals surface area (Å²) in [6.45, 7) is 3.78. The normalized spacial score (nSPS) is 13.7. The molecule has 220 valence electrons. The second-order valence-electron chi connectivity index (χ2n) is 10.5. The minimum atomic E-state index is -1.07. The molecule has 0 bridgehead atoms. The number of carbonyl (C=O) groups excluding carboxylic acids is 3. The zero-order valence-electron chi connectivity index (χ0n) is 24.1. The lowest BCUT2D eigenvalue weighted by Crippen LogP contribution is -2.32. The number of fused-ring (bicyclic) bond motifs is 3. The van der Waals surface area contributed by atoms with Gasteiger partial charge in [-0.3, -0.25) is 4.79 Å². The van der Waals surface area contributed by atoms with Crippen molar-refractivity contribution in [3.05, 3.63) is 82.2 Å². The molecular formula is C34H32N2O6S. The Balaban J connectivity index is 1.29. The largest absolute Gasteiger partial charge is 0.462 e. The molecule has 1 unspecified atom stereocenters. The van der Waals surface area contributed by atoms with Gasteiger partial charge in [-0.25, -0.2) is 14.6 Å². The molecule has 8 nitrogen and oxygen atoms in total. The average Bonchev–Trinajstić information content (AvgIpc) is 3.52. The van der Waals surface area contributed by atoms with Crippen LogP contribution >= 0.6 is 11.3 Å². The van der Waals surface area contributed by atoms with Crippen LogP contribution in [-0.2, 0) is 27.1 Å². The Labute approximate surface area is 253 Å². The smallest absolute Gasteiger partial charge is 0.341 e. The molecule has 1 amide bonds. The predicted molar refractivity (Wildman–Crippen MR) is 167 cm³/mol. The highest BCUT2D eigenvalue weighted by Crippen LogP contribution is 2.38. The number of aryl methyl sites for hydroxylation is 1. The van der Waals surface area contributed by atoms with Crippen LogP contribution in [0.3, 0.4) is 0 Å². The van der Waals surface area contributed by atoms with Gasteiger partial charge in [0.15, 0.2) is 11.7 Å². The van der Waals surface area contributed by atoms with Crippen molar-refractivity contribution in [2.75, 3.05) is 11.9 Å². The van der Waals surface area contributed by atoms with E-state index in [1.807, 2.05) is 48.5 Å². The number of aromatic nitrogens is 1. The highest BCUT2D eigenvalue weighted by molar-refractivity contribution is 7.17. The Bertz CT molecular complexity index is 1800. The zero-order valence-corrected chi connectivity index (χ0v) is 24.9. The number of hydrogen-bond donors (Lipinski definition) is 1. The van der Waals surface area contributed by atoms with Crippen LogP contribution < -0.4 is 5.32 Å². The fraction of sp³-hybridized carbons (Fsp3) is 0.294. The van der Waals surface area contributed by atoms with Crippen molar-refractivity contribution in [1.29, 1.82) is 0 Å². The van der Waals surface area contributed by atoms with Crippen molar-refractivity contribution >= 4 is 56.1 Å². The van der Waals surface area contributed by atoms with Crippen LogP contribution in [0.15, 0.2) is 65.1 Å². The average molecular weight is 597 g/mol. The van der Waals surface area contributed by atoms with E-state index in [1.54, 1.807) is 26.0 Å². The first kappa shape index (κ1) is 28.6. The standard InChI is InChI=1S/C34H32N2O6S/c1-3-25(30(37)36-32-29(34(39)40-4-2)21-14-6-5-7-19-27(21)43-32)42-33(38)23-16-11-13-20-12-10-15-22(28(20)23)31-35-24-17-8-9-18-26(24)41-31/h8-13,15-18,25H,3-7,14,19H2,1-2H3,(H,36,37). The van der Waals surface area contributed by atoms with Gasteiger partial charge in [-0.2, -0.15) is 0 Å². The molecule has 1 atom stereocenters. The van der Waals surface area contributed by atoms with Crippen LogP contribution in [0.1, 0.15) is 70.7 Å². The molecule has 43 heavy (non-hydrogen) atoms. The molecule has 6 rings (SSSR count). The number of amides is 1. The van der Waals surface area contributed by atoms with Gasteiger partial charge >= 0.3 is 11.9 Å². The summed E-state index contributed by atoms with van der Waals surface area (Å²) in [6.07, 6.45) is 3.92. The Morgan fingerprint density at radius 3 is 2.53 bits per heavy atom. The van der Waals surface area contributed by atoms with Crippen LogP contribution in [0, 0.1) is 0 Å². The van der Waals surface area contributed by atoms with Crippen LogP contribution in [0.2, 0.25) is 0 Å². The molecule has 5 aromatic rings. The third kappa shape index (κ3) is 5.64. The molecule has 0 spiro atoms. The number of rotatable bonds is 8. The van der Waals surface area contributed by atoms with Gasteiger partial charge in [0, 0.05) is 15.8 Å². The summed E-state index contributed by atoms with van der Waals surface area (Å²) in [5.41, 5.74) is 3.70. The van der Waals surface area contributed by atoms with Gasteiger partial charge in [0.25, 0.3) is 5.91 Å². The van der Waals surface area contributed by atoms with E-state index >= 15 is 0 Å². The van der Waals surface area contributed by atoms with Crippen LogP contribution in [0.5, 0.6) is 0 Å². The quantitative estimate of drug-likeness (QED) is 0.144. The Morgan fingerprint density at radius 1 is 0.953 bits per heavy atom. The third-order valence-corrected chi connectivity index (χ3v) is 8.91. The summed E-state index contributed by atoms with van der Waals surface area (Å²) in [5.74, 6) is -1.17. The zero-order chi connectivity index (χ0) is 29.9. The van der Waals surface area contributed by atoms with Crippen molar-refractivity contribution in [3.63, 3.8) is 0 Å². The molecule has 0 aliphatic heterocycles. The van der Waals surface area contributed by atoms with E-state index in [1.165, 1.54) is 11.3 Å². The monoisotopic (exact) mass is 596 g/mol. The summed E-state index contributed by atoms with van der Waals surface area (Å²) in [4.78, 5) is 45.9. The molecule has 0 fully saturated rings. The molecule has 0 saturated carbocycles. The highest BCUT2D eigenvalue weighted by atomic mass is 32.1. The van der Waals surface area contributed by atoms with E-state index < -0.39 is 23.9 Å². The molecule has 1 aliphatic rings. The van der Waals surface area contributed by atoms with Gasteiger partial charge in [0.05, 0.1) is 17.7 Å². The van der Waals surface area contributed by atoms with Gasteiger partial charge in [0.1, 0.15) is 10.5 Å². The second-order valence-corrected chi connectivity index (χ2v) is 11.6. The van der Waals surface area contributed by atoms with Gasteiger partial charge in [-0.1, -0.05) is 49.7 Å². The van der Waals surface area contributed by atoms with Crippen molar-refractivity contribution in [2.45, 2.75) is 58.5 Å². The number of oxazole rings is 1. The van der Waals surface area contributed by atoms with E-state index in [9.17, 15) is 14.4 Å². The van der Waals surface area contributed by atoms with E-state index in [-0.39, 0.29) is 13.0 Å². The Morgan fingerprint density at radius 2 is 1.74 bits per heavy atom. The number of thiophene rings is 1. The summed E-state index contributed by atoms with van der Waals surface area (Å²) in [7, 11) is 0. The fourth-order valence-corrected chi connectivity index (χ4v) is 6.91. The maximum atomic E-state index is 13.7. The van der Waals surface area contributed by atoms with Crippen molar-refractivity contribution in [3.8, 4) is 11.5 Å². The fourth-order valence-electron chi connectivity index (χ4n) is 5.63. The predicted octanol–water partition coefficient (Wildman–Crippen LogP) is 7.73. The first-order chi connectivity index (χ1) is 21.0. The maximum Gasteiger partial charge on any atom is 0.341 e. The number of ether oxygens (including phenoxy) is 2. The summed E-state index contributed by atoms with van der Waals surface area (Å²) in [6, 6.07) is 18.5. The van der Waals surface area contributed by atoms with Crippen LogP contribution in [-0.4, -0.2) is 35.5 Å². The SMILES string of the molecule is CCOC(=O)c1c(NC(=O)C(CC)OC(=O)c2cccc3cccc(-c4nc5ccccc5o4)c23)sc2c1CCCCC2. The van der Waals surface area contributed by atoms with Crippen LogP contribution in [0.25, 0.3) is 33.3 Å². The topological polar surface area (TPSA) is 108 Å². The lowest BCUT2D eigenvalue weighted by atomic mass is 9.99. The van der Waals surface area contributed by atoms with Gasteiger partial charge in [-0.05, 0) is 74.2 Å². The van der Waals surface area contributed by atoms with E-state index in [0.29, 0.717) is 44.1 Å². The maximum absolute atomic E-state index is 13.7. The molecule has 9 heteroatoms. The molecule has 2 aromatic heterocycles. The molecule has 1 aliphatic carbocycles.